The number of fused-ring (bicyclic) bond motifs is 1. The van der Waals surface area contributed by atoms with Gasteiger partial charge in [0.25, 0.3) is 0 Å². The summed E-state index contributed by atoms with van der Waals surface area (Å²) in [6.45, 7) is 5.15. The summed E-state index contributed by atoms with van der Waals surface area (Å²) in [6.07, 6.45) is 4.19. The lowest BCUT2D eigenvalue weighted by Crippen LogP contribution is -2.34. The van der Waals surface area contributed by atoms with Gasteiger partial charge in [0, 0.05) is 12.6 Å². The first kappa shape index (κ1) is 6.62. The zero-order chi connectivity index (χ0) is 6.81. The molecular formula is C8H16N2. The molecule has 0 aromatic rings. The van der Waals surface area contributed by atoms with Gasteiger partial charge in [-0.3, -0.25) is 4.90 Å². The van der Waals surface area contributed by atoms with Gasteiger partial charge in [-0.05, 0) is 38.9 Å². The van der Waals surface area contributed by atoms with Crippen LogP contribution in [-0.2, 0) is 0 Å². The molecule has 2 heteroatoms. The summed E-state index contributed by atoms with van der Waals surface area (Å²) in [7, 11) is 0. The van der Waals surface area contributed by atoms with Crippen molar-refractivity contribution in [1.29, 1.82) is 0 Å². The highest BCUT2D eigenvalue weighted by molar-refractivity contribution is 4.82. The van der Waals surface area contributed by atoms with Gasteiger partial charge in [-0.1, -0.05) is 0 Å². The molecule has 10 heavy (non-hydrogen) atoms. The fourth-order valence-electron chi connectivity index (χ4n) is 2.10. The maximum Gasteiger partial charge on any atom is 0.0221 e. The van der Waals surface area contributed by atoms with E-state index in [2.05, 4.69) is 10.2 Å². The van der Waals surface area contributed by atoms with Crippen molar-refractivity contribution >= 4 is 0 Å². The first-order chi connectivity index (χ1) is 4.97. The SMILES string of the molecule is C1CNC[C@@H]2CCCN2C1. The minimum atomic E-state index is 0.877. The van der Waals surface area contributed by atoms with E-state index in [1.54, 1.807) is 0 Å². The maximum atomic E-state index is 3.48. The van der Waals surface area contributed by atoms with Crippen LogP contribution in [-0.4, -0.2) is 37.1 Å². The van der Waals surface area contributed by atoms with Gasteiger partial charge in [0.15, 0.2) is 0 Å². The lowest BCUT2D eigenvalue weighted by atomic mass is 10.2. The molecule has 0 saturated carbocycles. The van der Waals surface area contributed by atoms with Crippen LogP contribution >= 0.6 is 0 Å². The fraction of sp³-hybridized carbons (Fsp3) is 1.00. The monoisotopic (exact) mass is 140 g/mol. The third-order valence-electron chi connectivity index (χ3n) is 2.68. The third kappa shape index (κ3) is 1.18. The first-order valence-electron chi connectivity index (χ1n) is 4.41. The van der Waals surface area contributed by atoms with Crippen molar-refractivity contribution in [3.05, 3.63) is 0 Å². The molecule has 2 fully saturated rings. The molecule has 0 amide bonds. The number of rotatable bonds is 0. The molecule has 0 bridgehead atoms. The third-order valence-corrected chi connectivity index (χ3v) is 2.68. The van der Waals surface area contributed by atoms with Gasteiger partial charge in [0.2, 0.25) is 0 Å². The Labute approximate surface area is 62.6 Å². The molecular weight excluding hydrogens is 124 g/mol. The second-order valence-corrected chi connectivity index (χ2v) is 3.39. The first-order valence-corrected chi connectivity index (χ1v) is 4.41. The molecule has 1 N–H and O–H groups in total. The second kappa shape index (κ2) is 2.89. The maximum absolute atomic E-state index is 3.48. The van der Waals surface area contributed by atoms with Crippen LogP contribution in [0.15, 0.2) is 0 Å². The van der Waals surface area contributed by atoms with Gasteiger partial charge in [-0.2, -0.15) is 0 Å². The lowest BCUT2D eigenvalue weighted by molar-refractivity contribution is 0.270. The van der Waals surface area contributed by atoms with Crippen LogP contribution in [0.3, 0.4) is 0 Å². The van der Waals surface area contributed by atoms with Crippen LogP contribution in [0.4, 0.5) is 0 Å². The van der Waals surface area contributed by atoms with Gasteiger partial charge < -0.3 is 5.32 Å². The van der Waals surface area contributed by atoms with Crippen LogP contribution in [0, 0.1) is 0 Å². The van der Waals surface area contributed by atoms with Crippen molar-refractivity contribution in [2.75, 3.05) is 26.2 Å². The number of hydrogen-bond acceptors (Lipinski definition) is 2. The Morgan fingerprint density at radius 3 is 3.10 bits per heavy atom. The lowest BCUT2D eigenvalue weighted by Gasteiger charge is -2.20. The average molecular weight is 140 g/mol. The molecule has 0 aliphatic carbocycles. The molecule has 2 aliphatic rings. The summed E-state index contributed by atoms with van der Waals surface area (Å²) in [5.41, 5.74) is 0. The number of hydrogen-bond donors (Lipinski definition) is 1. The molecule has 1 atom stereocenters. The normalized spacial score (nSPS) is 35.4. The van der Waals surface area contributed by atoms with Crippen molar-refractivity contribution in [2.45, 2.75) is 25.3 Å². The summed E-state index contributed by atoms with van der Waals surface area (Å²) in [5.74, 6) is 0. The van der Waals surface area contributed by atoms with Crippen LogP contribution in [0.2, 0.25) is 0 Å². The van der Waals surface area contributed by atoms with Gasteiger partial charge >= 0.3 is 0 Å². The molecule has 58 valence electrons. The molecule has 0 aromatic heterocycles. The van der Waals surface area contributed by atoms with Crippen LogP contribution in [0.5, 0.6) is 0 Å². The van der Waals surface area contributed by atoms with E-state index in [0.29, 0.717) is 0 Å². The van der Waals surface area contributed by atoms with E-state index in [1.165, 1.54) is 45.4 Å². The van der Waals surface area contributed by atoms with Gasteiger partial charge in [0.1, 0.15) is 0 Å². The summed E-state index contributed by atoms with van der Waals surface area (Å²) >= 11 is 0. The molecule has 2 saturated heterocycles. The van der Waals surface area contributed by atoms with E-state index in [0.717, 1.165) is 6.04 Å². The molecule has 0 radical (unpaired) electrons. The zero-order valence-corrected chi connectivity index (χ0v) is 6.47. The van der Waals surface area contributed by atoms with E-state index in [9.17, 15) is 0 Å². The van der Waals surface area contributed by atoms with E-state index >= 15 is 0 Å². The topological polar surface area (TPSA) is 15.3 Å². The average Bonchev–Trinajstić information content (AvgIpc) is 2.28. The molecule has 2 heterocycles. The Morgan fingerprint density at radius 1 is 1.20 bits per heavy atom. The van der Waals surface area contributed by atoms with Crippen LogP contribution < -0.4 is 5.32 Å². The Hall–Kier alpha value is -0.0800. The molecule has 2 rings (SSSR count). The molecule has 0 aromatic carbocycles. The molecule has 0 spiro atoms. The molecule has 0 unspecified atom stereocenters. The largest absolute Gasteiger partial charge is 0.315 e. The van der Waals surface area contributed by atoms with E-state index in [-0.39, 0.29) is 0 Å². The van der Waals surface area contributed by atoms with Crippen molar-refractivity contribution in [3.8, 4) is 0 Å². The standard InChI is InChI=1S/C8H16N2/c1-3-8-7-9-4-2-6-10(8)5-1/h8-9H,1-7H2/t8-/m0/s1. The quantitative estimate of drug-likeness (QED) is 0.525. The van der Waals surface area contributed by atoms with Crippen LogP contribution in [0.1, 0.15) is 19.3 Å². The Bertz CT molecular complexity index is 102. The number of nitrogens with zero attached hydrogens (tertiary/aromatic N) is 1. The molecule has 2 nitrogen and oxygen atoms in total. The minimum absolute atomic E-state index is 0.877. The fourth-order valence-corrected chi connectivity index (χ4v) is 2.10. The highest BCUT2D eigenvalue weighted by Crippen LogP contribution is 2.17. The zero-order valence-electron chi connectivity index (χ0n) is 6.47. The predicted molar refractivity (Wildman–Crippen MR) is 42.1 cm³/mol. The highest BCUT2D eigenvalue weighted by Gasteiger charge is 2.24. The highest BCUT2D eigenvalue weighted by atomic mass is 15.2. The van der Waals surface area contributed by atoms with E-state index in [1.807, 2.05) is 0 Å². The Morgan fingerprint density at radius 2 is 2.10 bits per heavy atom. The van der Waals surface area contributed by atoms with Crippen LogP contribution in [0.25, 0.3) is 0 Å². The van der Waals surface area contributed by atoms with Crippen molar-refractivity contribution in [1.82, 2.24) is 10.2 Å². The Balaban J connectivity index is 1.95. The Kier molecular flexibility index (Phi) is 1.91. The predicted octanol–water partition coefficient (Wildman–Crippen LogP) is 0.444. The van der Waals surface area contributed by atoms with Gasteiger partial charge in [-0.15, -0.1) is 0 Å². The summed E-state index contributed by atoms with van der Waals surface area (Å²) in [5, 5.41) is 3.48. The smallest absolute Gasteiger partial charge is 0.0221 e. The molecule has 2 aliphatic heterocycles. The number of nitrogens with one attached hydrogen (secondary N) is 1. The van der Waals surface area contributed by atoms with Gasteiger partial charge in [-0.25, -0.2) is 0 Å². The summed E-state index contributed by atoms with van der Waals surface area (Å²) in [6, 6.07) is 0.877. The van der Waals surface area contributed by atoms with E-state index in [4.69, 9.17) is 0 Å². The summed E-state index contributed by atoms with van der Waals surface area (Å²) < 4.78 is 0. The second-order valence-electron chi connectivity index (χ2n) is 3.39. The summed E-state index contributed by atoms with van der Waals surface area (Å²) in [4.78, 5) is 2.64. The van der Waals surface area contributed by atoms with Gasteiger partial charge in [0.05, 0.1) is 0 Å². The minimum Gasteiger partial charge on any atom is -0.315 e. The van der Waals surface area contributed by atoms with E-state index < -0.39 is 0 Å². The van der Waals surface area contributed by atoms with Crippen molar-refractivity contribution < 1.29 is 0 Å². The van der Waals surface area contributed by atoms with Crippen molar-refractivity contribution in [3.63, 3.8) is 0 Å². The van der Waals surface area contributed by atoms with Crippen molar-refractivity contribution in [2.24, 2.45) is 0 Å².